The molecule has 2 amide bonds. The van der Waals surface area contributed by atoms with E-state index in [2.05, 4.69) is 31.9 Å². The Balaban J connectivity index is 1.81. The number of hydrogen-bond donors (Lipinski definition) is 0. The molecule has 0 bridgehead atoms. The maximum atomic E-state index is 13.3. The number of imide groups is 1. The van der Waals surface area contributed by atoms with Crippen LogP contribution in [0.25, 0.3) is 6.08 Å². The summed E-state index contributed by atoms with van der Waals surface area (Å²) in [6.45, 7) is 0.225. The van der Waals surface area contributed by atoms with Gasteiger partial charge in [0.05, 0.1) is 15.9 Å². The molecule has 0 aromatic heterocycles. The lowest BCUT2D eigenvalue weighted by Crippen LogP contribution is -2.27. The van der Waals surface area contributed by atoms with Gasteiger partial charge >= 0.3 is 0 Å². The van der Waals surface area contributed by atoms with Crippen LogP contribution in [0.4, 0.5) is 9.18 Å². The highest BCUT2D eigenvalue weighted by molar-refractivity contribution is 9.10. The Kier molecular flexibility index (Phi) is 5.22. The summed E-state index contributed by atoms with van der Waals surface area (Å²) in [7, 11) is 0. The Morgan fingerprint density at radius 1 is 1.08 bits per heavy atom. The van der Waals surface area contributed by atoms with Gasteiger partial charge in [0, 0.05) is 4.47 Å². The topological polar surface area (TPSA) is 37.4 Å². The summed E-state index contributed by atoms with van der Waals surface area (Å²) in [5.74, 6) is -0.719. The number of halogens is 3. The first kappa shape index (κ1) is 17.4. The van der Waals surface area contributed by atoms with Gasteiger partial charge in [-0.25, -0.2) is 4.39 Å². The fourth-order valence-corrected chi connectivity index (χ4v) is 3.66. The van der Waals surface area contributed by atoms with Gasteiger partial charge in [-0.3, -0.25) is 14.5 Å². The largest absolute Gasteiger partial charge is 0.293 e. The van der Waals surface area contributed by atoms with Crippen molar-refractivity contribution in [3.8, 4) is 0 Å². The van der Waals surface area contributed by atoms with Crippen LogP contribution in [-0.4, -0.2) is 16.0 Å². The monoisotopic (exact) mass is 469 g/mol. The number of benzene rings is 2. The van der Waals surface area contributed by atoms with Crippen molar-refractivity contribution in [3.05, 3.63) is 73.3 Å². The van der Waals surface area contributed by atoms with Crippen LogP contribution in [0.5, 0.6) is 0 Å². The summed E-state index contributed by atoms with van der Waals surface area (Å²) in [5, 5.41) is -0.310. The van der Waals surface area contributed by atoms with E-state index in [1.54, 1.807) is 18.2 Å². The number of carbonyl (C=O) groups is 2. The first-order valence-corrected chi connectivity index (χ1v) is 9.29. The average molecular weight is 471 g/mol. The van der Waals surface area contributed by atoms with Crippen LogP contribution in [0.3, 0.4) is 0 Å². The predicted octanol–water partition coefficient (Wildman–Crippen LogP) is 5.59. The molecule has 1 aliphatic rings. The van der Waals surface area contributed by atoms with E-state index in [0.717, 1.165) is 21.8 Å². The van der Waals surface area contributed by atoms with Crippen molar-refractivity contribution in [2.24, 2.45) is 0 Å². The van der Waals surface area contributed by atoms with Crippen molar-refractivity contribution < 1.29 is 14.0 Å². The van der Waals surface area contributed by atoms with Gasteiger partial charge in [-0.15, -0.1) is 0 Å². The second-order valence-corrected chi connectivity index (χ2v) is 7.83. The van der Waals surface area contributed by atoms with Crippen LogP contribution in [0.1, 0.15) is 11.1 Å². The van der Waals surface area contributed by atoms with Crippen molar-refractivity contribution >= 4 is 60.8 Å². The van der Waals surface area contributed by atoms with Gasteiger partial charge in [-0.1, -0.05) is 34.1 Å². The number of amides is 2. The molecule has 3 nitrogen and oxygen atoms in total. The standard InChI is InChI=1S/C17H10Br2FNO2S/c18-12-4-1-10(2-5-12)9-21-16(22)15(24-17(21)23)8-11-3-6-14(20)13(19)7-11/h1-8H,9H2/b15-8-. The van der Waals surface area contributed by atoms with Crippen LogP contribution >= 0.6 is 43.6 Å². The molecule has 0 aliphatic carbocycles. The van der Waals surface area contributed by atoms with E-state index in [-0.39, 0.29) is 23.5 Å². The van der Waals surface area contributed by atoms with Gasteiger partial charge in [0.25, 0.3) is 11.1 Å². The molecule has 1 heterocycles. The Bertz CT molecular complexity index is 852. The van der Waals surface area contributed by atoms with E-state index in [1.807, 2.05) is 24.3 Å². The molecule has 0 spiro atoms. The zero-order valence-corrected chi connectivity index (χ0v) is 16.1. The second kappa shape index (κ2) is 7.21. The summed E-state index contributed by atoms with van der Waals surface area (Å²) in [6.07, 6.45) is 1.59. The minimum atomic E-state index is -0.379. The zero-order valence-electron chi connectivity index (χ0n) is 12.1. The second-order valence-electron chi connectivity index (χ2n) is 5.07. The molecule has 0 saturated carbocycles. The number of hydrogen-bond acceptors (Lipinski definition) is 3. The van der Waals surface area contributed by atoms with Gasteiger partial charge in [-0.2, -0.15) is 0 Å². The quantitative estimate of drug-likeness (QED) is 0.549. The summed E-state index contributed by atoms with van der Waals surface area (Å²) in [5.41, 5.74) is 1.52. The molecule has 1 saturated heterocycles. The van der Waals surface area contributed by atoms with Crippen molar-refractivity contribution in [1.82, 2.24) is 4.90 Å². The van der Waals surface area contributed by atoms with Crippen molar-refractivity contribution in [2.45, 2.75) is 6.54 Å². The van der Waals surface area contributed by atoms with Gasteiger partial charge in [0.1, 0.15) is 5.82 Å². The van der Waals surface area contributed by atoms with Crippen molar-refractivity contribution in [3.63, 3.8) is 0 Å². The predicted molar refractivity (Wildman–Crippen MR) is 99.8 cm³/mol. The molecule has 2 aromatic rings. The molecular weight excluding hydrogens is 461 g/mol. The highest BCUT2D eigenvalue weighted by Gasteiger charge is 2.34. The van der Waals surface area contributed by atoms with E-state index in [1.165, 1.54) is 11.0 Å². The van der Waals surface area contributed by atoms with Gasteiger partial charge in [0.2, 0.25) is 0 Å². The third-order valence-electron chi connectivity index (χ3n) is 3.37. The Labute approximate surface area is 159 Å². The highest BCUT2D eigenvalue weighted by Crippen LogP contribution is 2.33. The maximum absolute atomic E-state index is 13.3. The van der Waals surface area contributed by atoms with Crippen LogP contribution in [-0.2, 0) is 11.3 Å². The van der Waals surface area contributed by atoms with Crippen molar-refractivity contribution in [2.75, 3.05) is 0 Å². The van der Waals surface area contributed by atoms with E-state index < -0.39 is 0 Å². The van der Waals surface area contributed by atoms with Gasteiger partial charge in [-0.05, 0) is 69.2 Å². The number of carbonyl (C=O) groups excluding carboxylic acids is 2. The molecule has 122 valence electrons. The Hall–Kier alpha value is -1.44. The van der Waals surface area contributed by atoms with Crippen LogP contribution in [0.2, 0.25) is 0 Å². The molecule has 24 heavy (non-hydrogen) atoms. The maximum Gasteiger partial charge on any atom is 0.293 e. The first-order valence-electron chi connectivity index (χ1n) is 6.89. The molecule has 0 atom stereocenters. The van der Waals surface area contributed by atoms with Crippen LogP contribution < -0.4 is 0 Å². The zero-order chi connectivity index (χ0) is 17.3. The number of rotatable bonds is 3. The minimum Gasteiger partial charge on any atom is -0.268 e. The summed E-state index contributed by atoms with van der Waals surface area (Å²) >= 11 is 7.34. The van der Waals surface area contributed by atoms with E-state index >= 15 is 0 Å². The lowest BCUT2D eigenvalue weighted by Gasteiger charge is -2.12. The van der Waals surface area contributed by atoms with Crippen LogP contribution in [0.15, 0.2) is 56.3 Å². The highest BCUT2D eigenvalue weighted by atomic mass is 79.9. The van der Waals surface area contributed by atoms with Gasteiger partial charge < -0.3 is 0 Å². The molecular formula is C17H10Br2FNO2S. The molecule has 7 heteroatoms. The fourth-order valence-electron chi connectivity index (χ4n) is 2.16. The SMILES string of the molecule is O=C1S/C(=C\c2ccc(F)c(Br)c2)C(=O)N1Cc1ccc(Br)cc1. The third-order valence-corrected chi connectivity index (χ3v) is 5.41. The normalized spacial score (nSPS) is 16.3. The fraction of sp³-hybridized carbons (Fsp3) is 0.0588. The molecule has 3 rings (SSSR count). The Morgan fingerprint density at radius 3 is 2.46 bits per heavy atom. The average Bonchev–Trinajstić information content (AvgIpc) is 2.80. The lowest BCUT2D eigenvalue weighted by atomic mass is 10.2. The molecule has 2 aromatic carbocycles. The minimum absolute atomic E-state index is 0.225. The van der Waals surface area contributed by atoms with Crippen molar-refractivity contribution in [1.29, 1.82) is 0 Å². The van der Waals surface area contributed by atoms with Gasteiger partial charge in [0.15, 0.2) is 0 Å². The third kappa shape index (κ3) is 3.79. The van der Waals surface area contributed by atoms with Crippen LogP contribution in [0, 0.1) is 5.82 Å². The lowest BCUT2D eigenvalue weighted by molar-refractivity contribution is -0.123. The molecule has 1 aliphatic heterocycles. The Morgan fingerprint density at radius 2 is 1.79 bits per heavy atom. The molecule has 1 fully saturated rings. The van der Waals surface area contributed by atoms with E-state index in [9.17, 15) is 14.0 Å². The van der Waals surface area contributed by atoms with E-state index in [0.29, 0.717) is 14.9 Å². The number of thioether (sulfide) groups is 1. The molecule has 0 unspecified atom stereocenters. The van der Waals surface area contributed by atoms with E-state index in [4.69, 9.17) is 0 Å². The molecule has 0 N–H and O–H groups in total. The smallest absolute Gasteiger partial charge is 0.268 e. The summed E-state index contributed by atoms with van der Waals surface area (Å²) < 4.78 is 14.5. The molecule has 0 radical (unpaired) electrons. The number of nitrogens with zero attached hydrogens (tertiary/aromatic N) is 1. The summed E-state index contributed by atoms with van der Waals surface area (Å²) in [4.78, 5) is 26.1. The first-order chi connectivity index (χ1) is 11.4. The summed E-state index contributed by atoms with van der Waals surface area (Å²) in [6, 6.07) is 11.9.